The summed E-state index contributed by atoms with van der Waals surface area (Å²) in [7, 11) is 0. The van der Waals surface area contributed by atoms with E-state index in [4.69, 9.17) is 4.42 Å². The van der Waals surface area contributed by atoms with Gasteiger partial charge >= 0.3 is 0 Å². The summed E-state index contributed by atoms with van der Waals surface area (Å²) in [6.07, 6.45) is 1.99. The quantitative estimate of drug-likeness (QED) is 0.651. The molecule has 0 radical (unpaired) electrons. The molecule has 0 saturated carbocycles. The van der Waals surface area contributed by atoms with Crippen LogP contribution in [0, 0.1) is 6.92 Å². The van der Waals surface area contributed by atoms with Gasteiger partial charge in [-0.1, -0.05) is 30.3 Å². The molecule has 2 heterocycles. The molecule has 0 bridgehead atoms. The summed E-state index contributed by atoms with van der Waals surface area (Å²) >= 11 is 1.49. The van der Waals surface area contributed by atoms with Crippen LogP contribution in [0.3, 0.4) is 0 Å². The number of ketones is 1. The number of hydrogen-bond donors (Lipinski definition) is 1. The Morgan fingerprint density at radius 2 is 1.92 bits per heavy atom. The van der Waals surface area contributed by atoms with Gasteiger partial charge in [-0.25, -0.2) is 4.98 Å². The number of nitrogens with zero attached hydrogens (tertiary/aromatic N) is 1. The van der Waals surface area contributed by atoms with Crippen LogP contribution in [0.2, 0.25) is 0 Å². The third kappa shape index (κ3) is 4.42. The van der Waals surface area contributed by atoms with Gasteiger partial charge < -0.3 is 9.73 Å². The molecule has 2 aromatic heterocycles. The van der Waals surface area contributed by atoms with Gasteiger partial charge in [-0.15, -0.1) is 11.3 Å². The molecule has 5 nitrogen and oxygen atoms in total. The maximum Gasteiger partial charge on any atom is 0.220 e. The normalized spacial score (nSPS) is 10.6. The Labute approximate surface area is 149 Å². The van der Waals surface area contributed by atoms with Crippen molar-refractivity contribution >= 4 is 23.0 Å². The van der Waals surface area contributed by atoms with E-state index in [-0.39, 0.29) is 24.5 Å². The highest BCUT2D eigenvalue weighted by Crippen LogP contribution is 2.28. The summed E-state index contributed by atoms with van der Waals surface area (Å²) in [4.78, 5) is 29.5. The van der Waals surface area contributed by atoms with Gasteiger partial charge in [0.25, 0.3) is 0 Å². The van der Waals surface area contributed by atoms with Crippen LogP contribution in [-0.4, -0.2) is 16.7 Å². The lowest BCUT2D eigenvalue weighted by Gasteiger charge is -2.04. The molecule has 0 unspecified atom stereocenters. The SMILES string of the molecule is Cc1nc(-c2ccco2)sc1CNC(=O)CCC(=O)c1ccccc1. The molecule has 0 aliphatic rings. The highest BCUT2D eigenvalue weighted by molar-refractivity contribution is 7.15. The first-order chi connectivity index (χ1) is 12.1. The second kappa shape index (κ2) is 7.90. The molecule has 0 aliphatic carbocycles. The summed E-state index contributed by atoms with van der Waals surface area (Å²) < 4.78 is 5.34. The number of carbonyl (C=O) groups excluding carboxylic acids is 2. The number of Topliss-reactive ketones (excluding diaryl/α,β-unsaturated/α-hetero) is 1. The molecule has 1 amide bonds. The first kappa shape index (κ1) is 17.1. The van der Waals surface area contributed by atoms with E-state index in [1.54, 1.807) is 18.4 Å². The number of amides is 1. The minimum absolute atomic E-state index is 0.0233. The van der Waals surface area contributed by atoms with Crippen molar-refractivity contribution in [2.24, 2.45) is 0 Å². The van der Waals surface area contributed by atoms with E-state index in [0.29, 0.717) is 12.1 Å². The van der Waals surface area contributed by atoms with Crippen LogP contribution in [0.5, 0.6) is 0 Å². The topological polar surface area (TPSA) is 72.2 Å². The minimum atomic E-state index is -0.142. The Balaban J connectivity index is 1.50. The Bertz CT molecular complexity index is 854. The highest BCUT2D eigenvalue weighted by atomic mass is 32.1. The lowest BCUT2D eigenvalue weighted by molar-refractivity contribution is -0.121. The first-order valence-corrected chi connectivity index (χ1v) is 8.80. The molecule has 1 aromatic carbocycles. The van der Waals surface area contributed by atoms with Crippen LogP contribution in [0.4, 0.5) is 0 Å². The van der Waals surface area contributed by atoms with Crippen LogP contribution in [0.15, 0.2) is 53.1 Å². The predicted molar refractivity (Wildman–Crippen MR) is 96.4 cm³/mol. The van der Waals surface area contributed by atoms with Crippen molar-refractivity contribution in [1.29, 1.82) is 0 Å². The zero-order valence-electron chi connectivity index (χ0n) is 13.8. The molecule has 0 spiro atoms. The van der Waals surface area contributed by atoms with E-state index < -0.39 is 0 Å². The van der Waals surface area contributed by atoms with Gasteiger partial charge in [0.2, 0.25) is 5.91 Å². The molecular weight excluding hydrogens is 336 g/mol. The average molecular weight is 354 g/mol. The van der Waals surface area contributed by atoms with Crippen LogP contribution in [0.25, 0.3) is 10.8 Å². The predicted octanol–water partition coefficient (Wildman–Crippen LogP) is 3.99. The van der Waals surface area contributed by atoms with Crippen molar-refractivity contribution in [1.82, 2.24) is 10.3 Å². The number of aryl methyl sites for hydroxylation is 1. The molecule has 1 N–H and O–H groups in total. The molecule has 3 rings (SSSR count). The number of benzene rings is 1. The van der Waals surface area contributed by atoms with Gasteiger partial charge in [0, 0.05) is 23.3 Å². The zero-order valence-corrected chi connectivity index (χ0v) is 14.6. The van der Waals surface area contributed by atoms with Crippen molar-refractivity contribution in [3.05, 3.63) is 64.9 Å². The van der Waals surface area contributed by atoms with E-state index >= 15 is 0 Å². The number of rotatable bonds is 7. The van der Waals surface area contributed by atoms with Crippen molar-refractivity contribution in [2.75, 3.05) is 0 Å². The Morgan fingerprint density at radius 3 is 2.64 bits per heavy atom. The lowest BCUT2D eigenvalue weighted by Crippen LogP contribution is -2.23. The van der Waals surface area contributed by atoms with Crippen molar-refractivity contribution < 1.29 is 14.0 Å². The summed E-state index contributed by atoms with van der Waals surface area (Å²) in [6.45, 7) is 2.31. The summed E-state index contributed by atoms with van der Waals surface area (Å²) in [5.41, 5.74) is 1.51. The Morgan fingerprint density at radius 1 is 1.12 bits per heavy atom. The lowest BCUT2D eigenvalue weighted by atomic mass is 10.1. The number of aromatic nitrogens is 1. The van der Waals surface area contributed by atoms with Gasteiger partial charge in [0.1, 0.15) is 0 Å². The molecule has 0 atom stereocenters. The molecule has 0 fully saturated rings. The van der Waals surface area contributed by atoms with E-state index in [1.165, 1.54) is 11.3 Å². The van der Waals surface area contributed by atoms with Crippen LogP contribution < -0.4 is 5.32 Å². The third-order valence-electron chi connectivity index (χ3n) is 3.75. The summed E-state index contributed by atoms with van der Waals surface area (Å²) in [5.74, 6) is 0.556. The van der Waals surface area contributed by atoms with Gasteiger partial charge in [0.15, 0.2) is 16.6 Å². The summed E-state index contributed by atoms with van der Waals surface area (Å²) in [5, 5.41) is 3.65. The fourth-order valence-corrected chi connectivity index (χ4v) is 3.33. The Hall–Kier alpha value is -2.73. The summed E-state index contributed by atoms with van der Waals surface area (Å²) in [6, 6.07) is 12.7. The number of thiazole rings is 1. The molecule has 128 valence electrons. The van der Waals surface area contributed by atoms with E-state index in [9.17, 15) is 9.59 Å². The molecule has 6 heteroatoms. The number of carbonyl (C=O) groups is 2. The number of hydrogen-bond acceptors (Lipinski definition) is 5. The number of furan rings is 1. The van der Waals surface area contributed by atoms with Crippen LogP contribution in [-0.2, 0) is 11.3 Å². The van der Waals surface area contributed by atoms with Crippen LogP contribution in [0.1, 0.15) is 33.8 Å². The maximum atomic E-state index is 12.0. The van der Waals surface area contributed by atoms with E-state index in [2.05, 4.69) is 10.3 Å². The fraction of sp³-hybridized carbons (Fsp3) is 0.211. The van der Waals surface area contributed by atoms with Crippen molar-refractivity contribution in [3.63, 3.8) is 0 Å². The van der Waals surface area contributed by atoms with E-state index in [1.807, 2.05) is 37.3 Å². The van der Waals surface area contributed by atoms with Gasteiger partial charge in [-0.3, -0.25) is 9.59 Å². The van der Waals surface area contributed by atoms with E-state index in [0.717, 1.165) is 21.3 Å². The molecular formula is C19H18N2O3S. The van der Waals surface area contributed by atoms with Gasteiger partial charge in [-0.2, -0.15) is 0 Å². The molecule has 25 heavy (non-hydrogen) atoms. The highest BCUT2D eigenvalue weighted by Gasteiger charge is 2.13. The molecule has 0 saturated heterocycles. The first-order valence-electron chi connectivity index (χ1n) is 7.98. The second-order valence-electron chi connectivity index (χ2n) is 5.57. The second-order valence-corrected chi connectivity index (χ2v) is 6.65. The van der Waals surface area contributed by atoms with Crippen molar-refractivity contribution in [2.45, 2.75) is 26.3 Å². The molecule has 3 aromatic rings. The minimum Gasteiger partial charge on any atom is -0.462 e. The zero-order chi connectivity index (χ0) is 17.6. The monoisotopic (exact) mass is 354 g/mol. The fourth-order valence-electron chi connectivity index (χ4n) is 2.36. The Kier molecular flexibility index (Phi) is 5.40. The third-order valence-corrected chi connectivity index (χ3v) is 4.92. The number of nitrogens with one attached hydrogen (secondary N) is 1. The largest absolute Gasteiger partial charge is 0.462 e. The van der Waals surface area contributed by atoms with Crippen molar-refractivity contribution in [3.8, 4) is 10.8 Å². The van der Waals surface area contributed by atoms with Gasteiger partial charge in [-0.05, 0) is 19.1 Å². The van der Waals surface area contributed by atoms with Crippen LogP contribution >= 0.6 is 11.3 Å². The standard InChI is InChI=1S/C19H18N2O3S/c1-13-17(25-19(21-13)16-8-5-11-24-16)12-20-18(23)10-9-15(22)14-6-3-2-4-7-14/h2-8,11H,9-10,12H2,1H3,(H,20,23). The smallest absolute Gasteiger partial charge is 0.220 e. The van der Waals surface area contributed by atoms with Gasteiger partial charge in [0.05, 0.1) is 18.5 Å². The molecule has 0 aliphatic heterocycles. The average Bonchev–Trinajstić information content (AvgIpc) is 3.28. The maximum absolute atomic E-state index is 12.0.